The molecule has 20 heavy (non-hydrogen) atoms. The third-order valence-electron chi connectivity index (χ3n) is 3.35. The number of benzene rings is 2. The van der Waals surface area contributed by atoms with E-state index >= 15 is 0 Å². The number of aryl methyl sites for hydroxylation is 1. The van der Waals surface area contributed by atoms with Gasteiger partial charge in [-0.2, -0.15) is 0 Å². The highest BCUT2D eigenvalue weighted by Crippen LogP contribution is 2.16. The van der Waals surface area contributed by atoms with Gasteiger partial charge in [0.15, 0.2) is 0 Å². The van der Waals surface area contributed by atoms with E-state index in [1.807, 2.05) is 12.1 Å². The second-order valence-corrected chi connectivity index (χ2v) is 5.20. The van der Waals surface area contributed by atoms with Crippen LogP contribution in [-0.4, -0.2) is 6.10 Å². The molecule has 0 amide bonds. The van der Waals surface area contributed by atoms with Crippen molar-refractivity contribution in [2.24, 2.45) is 0 Å². The monoisotopic (exact) mass is 269 g/mol. The van der Waals surface area contributed by atoms with Crippen molar-refractivity contribution in [2.45, 2.75) is 39.8 Å². The molecule has 1 atom stereocenters. The van der Waals surface area contributed by atoms with Crippen LogP contribution in [0.5, 0.6) is 5.75 Å². The molecule has 0 bridgehead atoms. The SMILES string of the molecule is CCC(C)Oc1ccc(CNc2cccc(C)c2)cc1. The van der Waals surface area contributed by atoms with E-state index in [9.17, 15) is 0 Å². The molecule has 0 spiro atoms. The van der Waals surface area contributed by atoms with Gasteiger partial charge in [0, 0.05) is 12.2 Å². The first-order valence-corrected chi connectivity index (χ1v) is 7.23. The molecule has 2 aromatic carbocycles. The molecule has 1 N–H and O–H groups in total. The molecular formula is C18H23NO. The Hall–Kier alpha value is -1.96. The van der Waals surface area contributed by atoms with Gasteiger partial charge in [-0.15, -0.1) is 0 Å². The quantitative estimate of drug-likeness (QED) is 0.814. The van der Waals surface area contributed by atoms with Gasteiger partial charge in [0.05, 0.1) is 6.10 Å². The van der Waals surface area contributed by atoms with E-state index in [0.29, 0.717) is 0 Å². The number of hydrogen-bond acceptors (Lipinski definition) is 2. The van der Waals surface area contributed by atoms with Gasteiger partial charge in [0.1, 0.15) is 5.75 Å². The lowest BCUT2D eigenvalue weighted by Crippen LogP contribution is -2.09. The summed E-state index contributed by atoms with van der Waals surface area (Å²) in [6.07, 6.45) is 1.29. The summed E-state index contributed by atoms with van der Waals surface area (Å²) in [5, 5.41) is 3.43. The summed E-state index contributed by atoms with van der Waals surface area (Å²) in [5.41, 5.74) is 3.68. The Morgan fingerprint density at radius 1 is 1.10 bits per heavy atom. The zero-order valence-electron chi connectivity index (χ0n) is 12.5. The molecule has 0 radical (unpaired) electrons. The Balaban J connectivity index is 1.90. The van der Waals surface area contributed by atoms with Gasteiger partial charge in [0.25, 0.3) is 0 Å². The van der Waals surface area contributed by atoms with Crippen molar-refractivity contribution in [3.05, 3.63) is 59.7 Å². The van der Waals surface area contributed by atoms with E-state index in [0.717, 1.165) is 24.4 Å². The number of ether oxygens (including phenoxy) is 1. The van der Waals surface area contributed by atoms with Gasteiger partial charge in [-0.1, -0.05) is 31.2 Å². The minimum absolute atomic E-state index is 0.270. The average molecular weight is 269 g/mol. The summed E-state index contributed by atoms with van der Waals surface area (Å²) in [7, 11) is 0. The lowest BCUT2D eigenvalue weighted by Gasteiger charge is -2.13. The van der Waals surface area contributed by atoms with E-state index in [2.05, 4.69) is 62.5 Å². The van der Waals surface area contributed by atoms with Crippen LogP contribution in [-0.2, 0) is 6.54 Å². The predicted molar refractivity (Wildman–Crippen MR) is 85.3 cm³/mol. The molecule has 0 aliphatic rings. The van der Waals surface area contributed by atoms with Crippen LogP contribution in [0.25, 0.3) is 0 Å². The van der Waals surface area contributed by atoms with E-state index in [4.69, 9.17) is 4.74 Å². The Bertz CT molecular complexity index is 533. The van der Waals surface area contributed by atoms with Crippen LogP contribution in [0.2, 0.25) is 0 Å². The first kappa shape index (κ1) is 14.4. The Morgan fingerprint density at radius 2 is 1.85 bits per heavy atom. The van der Waals surface area contributed by atoms with E-state index in [-0.39, 0.29) is 6.10 Å². The Morgan fingerprint density at radius 3 is 2.50 bits per heavy atom. The van der Waals surface area contributed by atoms with Gasteiger partial charge >= 0.3 is 0 Å². The fourth-order valence-corrected chi connectivity index (χ4v) is 1.96. The summed E-state index contributed by atoms with van der Waals surface area (Å²) in [6, 6.07) is 16.7. The standard InChI is InChI=1S/C18H23NO/c1-4-15(3)20-18-10-8-16(9-11-18)13-19-17-7-5-6-14(2)12-17/h5-12,15,19H,4,13H2,1-3H3. The van der Waals surface area contributed by atoms with Gasteiger partial charge in [-0.3, -0.25) is 0 Å². The van der Waals surface area contributed by atoms with Crippen molar-refractivity contribution in [1.82, 2.24) is 0 Å². The molecule has 0 aliphatic carbocycles. The van der Waals surface area contributed by atoms with Crippen LogP contribution in [0.15, 0.2) is 48.5 Å². The molecule has 0 aliphatic heterocycles. The maximum atomic E-state index is 5.78. The molecule has 2 aromatic rings. The Labute approximate surface area is 121 Å². The molecule has 106 valence electrons. The molecule has 0 aromatic heterocycles. The molecule has 0 fully saturated rings. The Kier molecular flexibility index (Phi) is 5.05. The molecule has 0 saturated heterocycles. The van der Waals surface area contributed by atoms with Crippen LogP contribution < -0.4 is 10.1 Å². The molecule has 2 rings (SSSR count). The first-order valence-electron chi connectivity index (χ1n) is 7.23. The van der Waals surface area contributed by atoms with Crippen molar-refractivity contribution in [2.75, 3.05) is 5.32 Å². The number of nitrogens with one attached hydrogen (secondary N) is 1. The van der Waals surface area contributed by atoms with Crippen molar-refractivity contribution in [3.8, 4) is 5.75 Å². The summed E-state index contributed by atoms with van der Waals surface area (Å²) in [5.74, 6) is 0.943. The zero-order valence-corrected chi connectivity index (χ0v) is 12.5. The number of hydrogen-bond donors (Lipinski definition) is 1. The van der Waals surface area contributed by atoms with Crippen molar-refractivity contribution >= 4 is 5.69 Å². The fraction of sp³-hybridized carbons (Fsp3) is 0.333. The molecule has 0 saturated carbocycles. The van der Waals surface area contributed by atoms with Crippen molar-refractivity contribution in [1.29, 1.82) is 0 Å². The van der Waals surface area contributed by atoms with E-state index in [1.54, 1.807) is 0 Å². The fourth-order valence-electron chi connectivity index (χ4n) is 1.96. The van der Waals surface area contributed by atoms with Crippen LogP contribution in [0.1, 0.15) is 31.4 Å². The first-order chi connectivity index (χ1) is 9.67. The van der Waals surface area contributed by atoms with Gasteiger partial charge in [-0.25, -0.2) is 0 Å². The topological polar surface area (TPSA) is 21.3 Å². The maximum absolute atomic E-state index is 5.78. The smallest absolute Gasteiger partial charge is 0.119 e. The lowest BCUT2D eigenvalue weighted by molar-refractivity contribution is 0.217. The minimum Gasteiger partial charge on any atom is -0.491 e. The molecule has 1 unspecified atom stereocenters. The summed E-state index contributed by atoms with van der Waals surface area (Å²) in [6.45, 7) is 7.15. The summed E-state index contributed by atoms with van der Waals surface area (Å²) in [4.78, 5) is 0. The van der Waals surface area contributed by atoms with Gasteiger partial charge < -0.3 is 10.1 Å². The third kappa shape index (κ3) is 4.30. The van der Waals surface area contributed by atoms with Crippen molar-refractivity contribution in [3.63, 3.8) is 0 Å². The highest BCUT2D eigenvalue weighted by Gasteiger charge is 2.01. The van der Waals surface area contributed by atoms with Crippen LogP contribution in [0.4, 0.5) is 5.69 Å². The average Bonchev–Trinajstić information content (AvgIpc) is 2.46. The highest BCUT2D eigenvalue weighted by molar-refractivity contribution is 5.46. The largest absolute Gasteiger partial charge is 0.491 e. The van der Waals surface area contributed by atoms with Crippen LogP contribution >= 0.6 is 0 Å². The molecule has 0 heterocycles. The predicted octanol–water partition coefficient (Wildman–Crippen LogP) is 4.78. The zero-order chi connectivity index (χ0) is 14.4. The molecule has 2 heteroatoms. The molecule has 2 nitrogen and oxygen atoms in total. The summed E-state index contributed by atoms with van der Waals surface area (Å²) >= 11 is 0. The lowest BCUT2D eigenvalue weighted by atomic mass is 10.2. The maximum Gasteiger partial charge on any atom is 0.119 e. The summed E-state index contributed by atoms with van der Waals surface area (Å²) < 4.78 is 5.78. The second-order valence-electron chi connectivity index (χ2n) is 5.20. The highest BCUT2D eigenvalue weighted by atomic mass is 16.5. The molecular weight excluding hydrogens is 246 g/mol. The van der Waals surface area contributed by atoms with Crippen molar-refractivity contribution < 1.29 is 4.74 Å². The van der Waals surface area contributed by atoms with E-state index < -0.39 is 0 Å². The second kappa shape index (κ2) is 6.99. The third-order valence-corrected chi connectivity index (χ3v) is 3.35. The number of anilines is 1. The van der Waals surface area contributed by atoms with E-state index in [1.165, 1.54) is 11.1 Å². The van der Waals surface area contributed by atoms with Crippen LogP contribution in [0.3, 0.4) is 0 Å². The van der Waals surface area contributed by atoms with Gasteiger partial charge in [0.2, 0.25) is 0 Å². The minimum atomic E-state index is 0.270. The normalized spacial score (nSPS) is 11.9. The van der Waals surface area contributed by atoms with Crippen LogP contribution in [0, 0.1) is 6.92 Å². The van der Waals surface area contributed by atoms with Gasteiger partial charge in [-0.05, 0) is 55.7 Å². The number of rotatable bonds is 6.